The number of hydrogen-bond acceptors (Lipinski definition) is 3. The van der Waals surface area contributed by atoms with Crippen molar-refractivity contribution >= 4 is 10.0 Å². The largest absolute Gasteiger partial charge is 0.396 e. The van der Waals surface area contributed by atoms with E-state index in [-0.39, 0.29) is 24.6 Å². The van der Waals surface area contributed by atoms with Gasteiger partial charge >= 0.3 is 0 Å². The average molecular weight is 261 g/mol. The van der Waals surface area contributed by atoms with Crippen molar-refractivity contribution < 1.29 is 17.9 Å². The van der Waals surface area contributed by atoms with E-state index < -0.39 is 21.6 Å². The molecule has 1 aromatic rings. The summed E-state index contributed by atoms with van der Waals surface area (Å²) >= 11 is 0. The number of hydrogen-bond donors (Lipinski definition) is 2. The van der Waals surface area contributed by atoms with Gasteiger partial charge in [0.15, 0.2) is 0 Å². The molecule has 0 unspecified atom stereocenters. The van der Waals surface area contributed by atoms with Crippen molar-refractivity contribution in [3.8, 4) is 0 Å². The number of benzene rings is 1. The van der Waals surface area contributed by atoms with Crippen LogP contribution in [0.2, 0.25) is 0 Å². The molecule has 4 nitrogen and oxygen atoms in total. The molecule has 96 valence electrons. The van der Waals surface area contributed by atoms with Crippen LogP contribution in [0.3, 0.4) is 0 Å². The second-order valence-electron chi connectivity index (χ2n) is 3.99. The quantitative estimate of drug-likeness (QED) is 0.798. The third-order valence-corrected chi connectivity index (χ3v) is 3.56. The molecule has 0 heterocycles. The second-order valence-corrected chi connectivity index (χ2v) is 5.79. The zero-order valence-electron chi connectivity index (χ0n) is 9.56. The summed E-state index contributed by atoms with van der Waals surface area (Å²) in [5.74, 6) is -1.09. The molecule has 1 atom stereocenters. The van der Waals surface area contributed by atoms with Crippen LogP contribution in [-0.4, -0.2) is 26.7 Å². The molecule has 0 spiro atoms. The Bertz CT molecular complexity index is 462. The highest BCUT2D eigenvalue weighted by Gasteiger charge is 2.14. The molecular formula is C11H16FNO3S. The van der Waals surface area contributed by atoms with E-state index in [2.05, 4.69) is 4.72 Å². The van der Waals surface area contributed by atoms with E-state index in [1.165, 1.54) is 18.2 Å². The molecule has 0 saturated carbocycles. The van der Waals surface area contributed by atoms with E-state index in [0.29, 0.717) is 0 Å². The van der Waals surface area contributed by atoms with Crippen molar-refractivity contribution in [1.29, 1.82) is 0 Å². The molecule has 0 radical (unpaired) electrons. The van der Waals surface area contributed by atoms with Gasteiger partial charge in [-0.2, -0.15) is 0 Å². The Hall–Kier alpha value is -0.980. The van der Waals surface area contributed by atoms with Crippen LogP contribution in [0.5, 0.6) is 0 Å². The first-order valence-corrected chi connectivity index (χ1v) is 6.91. The Morgan fingerprint density at radius 3 is 2.65 bits per heavy atom. The van der Waals surface area contributed by atoms with Crippen LogP contribution in [0.1, 0.15) is 12.5 Å². The molecular weight excluding hydrogens is 245 g/mol. The highest BCUT2D eigenvalue weighted by Crippen LogP contribution is 2.10. The van der Waals surface area contributed by atoms with Crippen molar-refractivity contribution in [3.05, 3.63) is 35.6 Å². The summed E-state index contributed by atoms with van der Waals surface area (Å²) in [7, 11) is -3.56. The smallest absolute Gasteiger partial charge is 0.215 e. The zero-order valence-corrected chi connectivity index (χ0v) is 10.4. The van der Waals surface area contributed by atoms with E-state index >= 15 is 0 Å². The molecule has 0 aliphatic heterocycles. The van der Waals surface area contributed by atoms with Gasteiger partial charge in [-0.25, -0.2) is 17.5 Å². The predicted octanol–water partition coefficient (Wildman–Crippen LogP) is 0.873. The van der Waals surface area contributed by atoms with Gasteiger partial charge in [-0.15, -0.1) is 0 Å². The maximum Gasteiger partial charge on any atom is 0.215 e. The summed E-state index contributed by atoms with van der Waals surface area (Å²) in [4.78, 5) is 0. The van der Waals surface area contributed by atoms with Crippen LogP contribution >= 0.6 is 0 Å². The Balaban J connectivity index is 2.64. The Kier molecular flexibility index (Phi) is 5.04. The molecule has 17 heavy (non-hydrogen) atoms. The first kappa shape index (κ1) is 14.1. The van der Waals surface area contributed by atoms with Gasteiger partial charge in [0.1, 0.15) is 5.82 Å². The Labute approximate surface area is 101 Å². The highest BCUT2D eigenvalue weighted by atomic mass is 32.2. The summed E-state index contributed by atoms with van der Waals surface area (Å²) in [6.45, 7) is 1.77. The third-order valence-electron chi connectivity index (χ3n) is 2.27. The minimum atomic E-state index is -3.56. The van der Waals surface area contributed by atoms with Crippen LogP contribution in [0.25, 0.3) is 0 Å². The first-order chi connectivity index (χ1) is 7.94. The third kappa shape index (κ3) is 4.80. The standard InChI is InChI=1S/C11H16FNO3S/c1-9(7-14)6-13-17(15,16)8-10-4-2-3-5-11(10)12/h2-5,9,13-14H,6-8H2,1H3/t9-/m1/s1. The molecule has 0 aliphatic rings. The van der Waals surface area contributed by atoms with E-state index in [1.54, 1.807) is 13.0 Å². The summed E-state index contributed by atoms with van der Waals surface area (Å²) < 4.78 is 38.8. The van der Waals surface area contributed by atoms with Gasteiger partial charge in [-0.05, 0) is 12.0 Å². The summed E-state index contributed by atoms with van der Waals surface area (Å²) in [5.41, 5.74) is 0.136. The van der Waals surface area contributed by atoms with E-state index in [4.69, 9.17) is 5.11 Å². The zero-order chi connectivity index (χ0) is 12.9. The van der Waals surface area contributed by atoms with Crippen LogP contribution in [0.15, 0.2) is 24.3 Å². The highest BCUT2D eigenvalue weighted by molar-refractivity contribution is 7.88. The number of aliphatic hydroxyl groups excluding tert-OH is 1. The monoisotopic (exact) mass is 261 g/mol. The molecule has 0 amide bonds. The minimum Gasteiger partial charge on any atom is -0.396 e. The predicted molar refractivity (Wildman–Crippen MR) is 63.3 cm³/mol. The number of nitrogens with one attached hydrogen (secondary N) is 1. The van der Waals surface area contributed by atoms with Crippen LogP contribution in [0.4, 0.5) is 4.39 Å². The van der Waals surface area contributed by atoms with Gasteiger partial charge in [-0.1, -0.05) is 25.1 Å². The van der Waals surface area contributed by atoms with E-state index in [1.807, 2.05) is 0 Å². The number of rotatable bonds is 6. The lowest BCUT2D eigenvalue weighted by Crippen LogP contribution is -2.30. The number of halogens is 1. The lowest BCUT2D eigenvalue weighted by atomic mass is 10.2. The maximum absolute atomic E-state index is 13.3. The van der Waals surface area contributed by atoms with Gasteiger partial charge in [0.25, 0.3) is 0 Å². The lowest BCUT2D eigenvalue weighted by Gasteiger charge is -2.10. The molecule has 1 aromatic carbocycles. The Morgan fingerprint density at radius 2 is 2.06 bits per heavy atom. The molecule has 0 saturated heterocycles. The topological polar surface area (TPSA) is 66.4 Å². The molecule has 0 aromatic heterocycles. The van der Waals surface area contributed by atoms with Gasteiger partial charge in [0.2, 0.25) is 10.0 Å². The SMILES string of the molecule is C[C@@H](CO)CNS(=O)(=O)Cc1ccccc1F. The fourth-order valence-electron chi connectivity index (χ4n) is 1.20. The van der Waals surface area contributed by atoms with Crippen LogP contribution < -0.4 is 4.72 Å². The number of sulfonamides is 1. The van der Waals surface area contributed by atoms with Crippen LogP contribution in [0, 0.1) is 11.7 Å². The fourth-order valence-corrected chi connectivity index (χ4v) is 2.49. The number of aliphatic hydroxyl groups is 1. The van der Waals surface area contributed by atoms with Crippen molar-refractivity contribution in [2.45, 2.75) is 12.7 Å². The normalized spacial score (nSPS) is 13.6. The van der Waals surface area contributed by atoms with Gasteiger partial charge in [0.05, 0.1) is 5.75 Å². The second kappa shape index (κ2) is 6.09. The first-order valence-electron chi connectivity index (χ1n) is 5.26. The fraction of sp³-hybridized carbons (Fsp3) is 0.455. The summed E-state index contributed by atoms with van der Waals surface area (Å²) in [6, 6.07) is 5.75. The van der Waals surface area contributed by atoms with E-state index in [9.17, 15) is 12.8 Å². The van der Waals surface area contributed by atoms with E-state index in [0.717, 1.165) is 0 Å². The molecule has 2 N–H and O–H groups in total. The minimum absolute atomic E-state index is 0.0950. The van der Waals surface area contributed by atoms with Crippen molar-refractivity contribution in [2.75, 3.05) is 13.2 Å². The molecule has 1 rings (SSSR count). The summed E-state index contributed by atoms with van der Waals surface area (Å²) in [6.07, 6.45) is 0. The van der Waals surface area contributed by atoms with Gasteiger partial charge in [0, 0.05) is 18.7 Å². The van der Waals surface area contributed by atoms with Gasteiger partial charge < -0.3 is 5.11 Å². The van der Waals surface area contributed by atoms with Crippen LogP contribution in [-0.2, 0) is 15.8 Å². The Morgan fingerprint density at radius 1 is 1.41 bits per heavy atom. The van der Waals surface area contributed by atoms with Crippen molar-refractivity contribution in [2.24, 2.45) is 5.92 Å². The van der Waals surface area contributed by atoms with Crippen molar-refractivity contribution in [3.63, 3.8) is 0 Å². The van der Waals surface area contributed by atoms with Gasteiger partial charge in [-0.3, -0.25) is 0 Å². The average Bonchev–Trinajstić information content (AvgIpc) is 2.29. The van der Waals surface area contributed by atoms with Crippen molar-refractivity contribution in [1.82, 2.24) is 4.72 Å². The maximum atomic E-state index is 13.3. The summed E-state index contributed by atoms with van der Waals surface area (Å²) in [5, 5.41) is 8.77. The molecule has 0 aliphatic carbocycles. The molecule has 0 fully saturated rings. The molecule has 6 heteroatoms. The lowest BCUT2D eigenvalue weighted by molar-refractivity contribution is 0.238. The molecule has 0 bridgehead atoms.